The minimum Gasteiger partial charge on any atom is -0.346 e. The van der Waals surface area contributed by atoms with Gasteiger partial charge < -0.3 is 5.32 Å². The zero-order valence-corrected chi connectivity index (χ0v) is 18.0. The highest BCUT2D eigenvalue weighted by Gasteiger charge is 2.36. The number of thiophene rings is 1. The molecule has 0 radical (unpaired) electrons. The van der Waals surface area contributed by atoms with Crippen LogP contribution in [0.3, 0.4) is 0 Å². The summed E-state index contributed by atoms with van der Waals surface area (Å²) in [6.07, 6.45) is -4.69. The van der Waals surface area contributed by atoms with Gasteiger partial charge in [0.15, 0.2) is 11.3 Å². The van der Waals surface area contributed by atoms with Crippen molar-refractivity contribution in [1.82, 2.24) is 14.7 Å². The lowest BCUT2D eigenvalue weighted by Gasteiger charge is -2.13. The SMILES string of the molecule is O=C(NCc1cccs1)c1nc2c(C(F)(F)F)ccc(-c3ccccc3F)n2c1I. The molecule has 1 amide bonds. The smallest absolute Gasteiger partial charge is 0.346 e. The van der Waals surface area contributed by atoms with E-state index in [0.717, 1.165) is 10.9 Å². The summed E-state index contributed by atoms with van der Waals surface area (Å²) >= 11 is 3.21. The van der Waals surface area contributed by atoms with Crippen LogP contribution in [0, 0.1) is 9.52 Å². The van der Waals surface area contributed by atoms with E-state index in [9.17, 15) is 22.4 Å². The van der Waals surface area contributed by atoms with E-state index < -0.39 is 29.1 Å². The molecule has 0 aliphatic carbocycles. The number of pyridine rings is 1. The van der Waals surface area contributed by atoms with Crippen molar-refractivity contribution in [1.29, 1.82) is 0 Å². The Morgan fingerprint density at radius 3 is 2.57 bits per heavy atom. The van der Waals surface area contributed by atoms with E-state index in [0.29, 0.717) is 0 Å². The van der Waals surface area contributed by atoms with Gasteiger partial charge in [0.25, 0.3) is 5.91 Å². The van der Waals surface area contributed by atoms with Crippen LogP contribution in [0.25, 0.3) is 16.9 Å². The molecule has 4 aromatic rings. The van der Waals surface area contributed by atoms with E-state index in [1.54, 1.807) is 28.7 Å². The average molecular weight is 545 g/mol. The van der Waals surface area contributed by atoms with Crippen molar-refractivity contribution < 1.29 is 22.4 Å². The molecule has 0 fully saturated rings. The quantitative estimate of drug-likeness (QED) is 0.262. The maximum atomic E-state index is 14.4. The number of carbonyl (C=O) groups excluding carboxylic acids is 1. The second kappa shape index (κ2) is 7.99. The van der Waals surface area contributed by atoms with Crippen LogP contribution in [0.1, 0.15) is 20.9 Å². The fourth-order valence-electron chi connectivity index (χ4n) is 3.02. The lowest BCUT2D eigenvalue weighted by Crippen LogP contribution is -2.23. The highest BCUT2D eigenvalue weighted by molar-refractivity contribution is 14.1. The summed E-state index contributed by atoms with van der Waals surface area (Å²) in [6.45, 7) is 0.229. The molecule has 1 aromatic carbocycles. The van der Waals surface area contributed by atoms with Crippen LogP contribution >= 0.6 is 33.9 Å². The van der Waals surface area contributed by atoms with Crippen molar-refractivity contribution in [2.45, 2.75) is 12.7 Å². The molecule has 30 heavy (non-hydrogen) atoms. The number of hydrogen-bond acceptors (Lipinski definition) is 3. The van der Waals surface area contributed by atoms with Gasteiger partial charge in [-0.05, 0) is 58.3 Å². The first-order valence-corrected chi connectivity index (χ1v) is 10.6. The van der Waals surface area contributed by atoms with Crippen molar-refractivity contribution in [3.05, 3.63) is 79.6 Å². The molecule has 4 rings (SSSR count). The zero-order valence-electron chi connectivity index (χ0n) is 15.0. The van der Waals surface area contributed by atoms with Gasteiger partial charge in [-0.15, -0.1) is 11.3 Å². The summed E-state index contributed by atoms with van der Waals surface area (Å²) < 4.78 is 56.4. The van der Waals surface area contributed by atoms with E-state index >= 15 is 0 Å². The first-order valence-electron chi connectivity index (χ1n) is 8.61. The number of halogens is 5. The molecule has 1 N–H and O–H groups in total. The van der Waals surface area contributed by atoms with Crippen molar-refractivity contribution in [3.63, 3.8) is 0 Å². The number of rotatable bonds is 4. The molecule has 10 heteroatoms. The van der Waals surface area contributed by atoms with E-state index in [2.05, 4.69) is 10.3 Å². The zero-order chi connectivity index (χ0) is 21.5. The summed E-state index contributed by atoms with van der Waals surface area (Å²) in [4.78, 5) is 17.6. The van der Waals surface area contributed by atoms with Gasteiger partial charge >= 0.3 is 6.18 Å². The lowest BCUT2D eigenvalue weighted by molar-refractivity contribution is -0.136. The minimum atomic E-state index is -4.69. The molecule has 154 valence electrons. The molecule has 3 heterocycles. The van der Waals surface area contributed by atoms with Crippen LogP contribution < -0.4 is 5.32 Å². The summed E-state index contributed by atoms with van der Waals surface area (Å²) in [7, 11) is 0. The summed E-state index contributed by atoms with van der Waals surface area (Å²) in [5.41, 5.74) is -1.32. The molecule has 0 saturated carbocycles. The van der Waals surface area contributed by atoms with Crippen LogP contribution in [0.2, 0.25) is 0 Å². The molecular weight excluding hydrogens is 533 g/mol. The number of nitrogens with one attached hydrogen (secondary N) is 1. The summed E-state index contributed by atoms with van der Waals surface area (Å²) in [6, 6.07) is 11.5. The number of alkyl halides is 3. The number of hydrogen-bond donors (Lipinski definition) is 1. The Morgan fingerprint density at radius 2 is 1.90 bits per heavy atom. The Bertz CT molecular complexity index is 1240. The predicted octanol–water partition coefficient (Wildman–Crippen LogP) is 5.76. The van der Waals surface area contributed by atoms with E-state index in [-0.39, 0.29) is 27.2 Å². The summed E-state index contributed by atoms with van der Waals surface area (Å²) in [5.74, 6) is -1.20. The van der Waals surface area contributed by atoms with Gasteiger partial charge in [0, 0.05) is 10.4 Å². The first-order chi connectivity index (χ1) is 14.3. The van der Waals surface area contributed by atoms with Gasteiger partial charge in [0.2, 0.25) is 0 Å². The third kappa shape index (κ3) is 3.81. The third-order valence-corrected chi connectivity index (χ3v) is 6.25. The molecule has 0 atom stereocenters. The molecule has 0 aliphatic heterocycles. The number of fused-ring (bicyclic) bond motifs is 1. The second-order valence-electron chi connectivity index (χ2n) is 6.28. The van der Waals surface area contributed by atoms with Gasteiger partial charge in [0.05, 0.1) is 17.8 Å². The maximum absolute atomic E-state index is 14.4. The van der Waals surface area contributed by atoms with Gasteiger partial charge in [-0.25, -0.2) is 9.37 Å². The fourth-order valence-corrected chi connectivity index (χ4v) is 4.52. The molecule has 4 nitrogen and oxygen atoms in total. The fraction of sp³-hybridized carbons (Fsp3) is 0.100. The normalized spacial score (nSPS) is 11.8. The molecule has 3 aromatic heterocycles. The molecule has 0 bridgehead atoms. The van der Waals surface area contributed by atoms with Gasteiger partial charge in [-0.2, -0.15) is 13.2 Å². The van der Waals surface area contributed by atoms with Crippen molar-refractivity contribution in [2.75, 3.05) is 0 Å². The molecule has 0 saturated heterocycles. The topological polar surface area (TPSA) is 46.4 Å². The van der Waals surface area contributed by atoms with Crippen LogP contribution in [0.4, 0.5) is 17.6 Å². The lowest BCUT2D eigenvalue weighted by atomic mass is 10.1. The standard InChI is InChI=1S/C20H12F4IN3OS/c21-14-6-2-1-5-12(14)15-8-7-13(20(22,23)24)18-27-16(17(25)28(15)18)19(29)26-10-11-4-3-9-30-11/h1-9H,10H2,(H,26,29). The second-order valence-corrected chi connectivity index (χ2v) is 8.34. The highest BCUT2D eigenvalue weighted by atomic mass is 127. The van der Waals surface area contributed by atoms with Crippen LogP contribution in [-0.4, -0.2) is 15.3 Å². The predicted molar refractivity (Wildman–Crippen MR) is 114 cm³/mol. The highest BCUT2D eigenvalue weighted by Crippen LogP contribution is 2.36. The molecule has 0 aliphatic rings. The minimum absolute atomic E-state index is 0.108. The molecule has 0 unspecified atom stereocenters. The van der Waals surface area contributed by atoms with Crippen molar-refractivity contribution in [2.24, 2.45) is 0 Å². The molecule has 0 spiro atoms. The number of benzene rings is 1. The van der Waals surface area contributed by atoms with Crippen molar-refractivity contribution >= 4 is 45.5 Å². The Labute approximate surface area is 185 Å². The van der Waals surface area contributed by atoms with Gasteiger partial charge in [0.1, 0.15) is 9.52 Å². The van der Waals surface area contributed by atoms with Crippen LogP contribution in [0.15, 0.2) is 53.9 Å². The Morgan fingerprint density at radius 1 is 1.13 bits per heavy atom. The van der Waals surface area contributed by atoms with Gasteiger partial charge in [-0.3, -0.25) is 9.20 Å². The van der Waals surface area contributed by atoms with Crippen LogP contribution in [0.5, 0.6) is 0 Å². The number of aromatic nitrogens is 2. The largest absolute Gasteiger partial charge is 0.419 e. The van der Waals surface area contributed by atoms with E-state index in [1.807, 2.05) is 17.5 Å². The number of nitrogens with zero attached hydrogens (tertiary/aromatic N) is 2. The Kier molecular flexibility index (Phi) is 5.53. The number of amides is 1. The Hall–Kier alpha value is -2.47. The Balaban J connectivity index is 1.87. The van der Waals surface area contributed by atoms with E-state index in [4.69, 9.17) is 0 Å². The van der Waals surface area contributed by atoms with Crippen LogP contribution in [-0.2, 0) is 12.7 Å². The monoisotopic (exact) mass is 545 g/mol. The number of carbonyl (C=O) groups is 1. The van der Waals surface area contributed by atoms with E-state index in [1.165, 1.54) is 40.0 Å². The maximum Gasteiger partial charge on any atom is 0.419 e. The van der Waals surface area contributed by atoms with Gasteiger partial charge in [-0.1, -0.05) is 18.2 Å². The molecular formula is C20H12F4IN3OS. The first kappa shape index (κ1) is 20.8. The van der Waals surface area contributed by atoms with Crippen molar-refractivity contribution in [3.8, 4) is 11.3 Å². The third-order valence-electron chi connectivity index (χ3n) is 4.38. The average Bonchev–Trinajstić information content (AvgIpc) is 3.33. The summed E-state index contributed by atoms with van der Waals surface area (Å²) in [5, 5.41) is 4.52. The number of imidazole rings is 1.